The molecular formula is C13H19FN2. The molecule has 2 rings (SSSR count). The maximum atomic E-state index is 13.1. The van der Waals surface area contributed by atoms with Gasteiger partial charge in [-0.2, -0.15) is 0 Å². The van der Waals surface area contributed by atoms with Crippen LogP contribution in [0.1, 0.15) is 24.8 Å². The summed E-state index contributed by atoms with van der Waals surface area (Å²) in [6.07, 6.45) is 4.03. The van der Waals surface area contributed by atoms with Crippen molar-refractivity contribution in [2.45, 2.75) is 25.8 Å². The molecule has 0 unspecified atom stereocenters. The van der Waals surface area contributed by atoms with Crippen LogP contribution in [0.25, 0.3) is 0 Å². The first-order valence-corrected chi connectivity index (χ1v) is 5.87. The predicted molar refractivity (Wildman–Crippen MR) is 64.5 cm³/mol. The van der Waals surface area contributed by atoms with E-state index < -0.39 is 0 Å². The Bertz CT molecular complexity index is 361. The molecule has 16 heavy (non-hydrogen) atoms. The summed E-state index contributed by atoms with van der Waals surface area (Å²) in [5.74, 6) is 0.626. The van der Waals surface area contributed by atoms with Gasteiger partial charge in [-0.3, -0.25) is 0 Å². The van der Waals surface area contributed by atoms with E-state index in [4.69, 9.17) is 5.73 Å². The molecule has 0 saturated heterocycles. The second-order valence-electron chi connectivity index (χ2n) is 4.84. The first-order chi connectivity index (χ1) is 7.65. The van der Waals surface area contributed by atoms with Gasteiger partial charge in [0.05, 0.1) is 0 Å². The van der Waals surface area contributed by atoms with Gasteiger partial charge in [-0.15, -0.1) is 0 Å². The van der Waals surface area contributed by atoms with Crippen LogP contribution in [-0.2, 0) is 6.54 Å². The van der Waals surface area contributed by atoms with Crippen LogP contribution in [0.4, 0.5) is 10.1 Å². The standard InChI is InChI=1S/C13H19FN2/c1-16(8-10-3-2-4-10)9-11-7-12(14)5-6-13(11)15/h5-7,10H,2-4,8-9,15H2,1H3. The molecule has 3 heteroatoms. The lowest BCUT2D eigenvalue weighted by Gasteiger charge is -2.30. The highest BCUT2D eigenvalue weighted by atomic mass is 19.1. The van der Waals surface area contributed by atoms with Crippen LogP contribution in [0.5, 0.6) is 0 Å². The van der Waals surface area contributed by atoms with Crippen LogP contribution in [0.15, 0.2) is 18.2 Å². The van der Waals surface area contributed by atoms with Gasteiger partial charge in [-0.25, -0.2) is 4.39 Å². The number of halogens is 1. The van der Waals surface area contributed by atoms with Gasteiger partial charge in [0, 0.05) is 18.8 Å². The number of nitrogens with two attached hydrogens (primary N) is 1. The third-order valence-electron chi connectivity index (χ3n) is 3.34. The number of nitrogens with zero attached hydrogens (tertiary/aromatic N) is 1. The average Bonchev–Trinajstić information content (AvgIpc) is 2.18. The highest BCUT2D eigenvalue weighted by Gasteiger charge is 2.19. The fourth-order valence-corrected chi connectivity index (χ4v) is 2.18. The Balaban J connectivity index is 1.93. The van der Waals surface area contributed by atoms with Crippen molar-refractivity contribution in [3.8, 4) is 0 Å². The largest absolute Gasteiger partial charge is 0.398 e. The Morgan fingerprint density at radius 3 is 2.81 bits per heavy atom. The molecule has 1 aromatic carbocycles. The third-order valence-corrected chi connectivity index (χ3v) is 3.34. The van der Waals surface area contributed by atoms with E-state index in [0.717, 1.165) is 24.6 Å². The molecular weight excluding hydrogens is 203 g/mol. The second kappa shape index (κ2) is 4.83. The second-order valence-corrected chi connectivity index (χ2v) is 4.84. The topological polar surface area (TPSA) is 29.3 Å². The van der Waals surface area contributed by atoms with Gasteiger partial charge >= 0.3 is 0 Å². The molecule has 1 aliphatic rings. The lowest BCUT2D eigenvalue weighted by atomic mass is 9.85. The van der Waals surface area contributed by atoms with Gasteiger partial charge in [-0.05, 0) is 49.6 Å². The summed E-state index contributed by atoms with van der Waals surface area (Å²) in [5, 5.41) is 0. The monoisotopic (exact) mass is 222 g/mol. The zero-order chi connectivity index (χ0) is 11.5. The quantitative estimate of drug-likeness (QED) is 0.793. The minimum atomic E-state index is -0.207. The van der Waals surface area contributed by atoms with Crippen LogP contribution in [0.2, 0.25) is 0 Å². The van der Waals surface area contributed by atoms with E-state index >= 15 is 0 Å². The summed E-state index contributed by atoms with van der Waals surface area (Å²) in [4.78, 5) is 2.23. The molecule has 0 atom stereocenters. The lowest BCUT2D eigenvalue weighted by molar-refractivity contribution is 0.200. The summed E-state index contributed by atoms with van der Waals surface area (Å²) < 4.78 is 13.1. The molecule has 0 radical (unpaired) electrons. The van der Waals surface area contributed by atoms with Crippen molar-refractivity contribution >= 4 is 5.69 Å². The fraction of sp³-hybridized carbons (Fsp3) is 0.538. The zero-order valence-corrected chi connectivity index (χ0v) is 9.75. The molecule has 2 nitrogen and oxygen atoms in total. The highest BCUT2D eigenvalue weighted by Crippen LogP contribution is 2.27. The molecule has 0 aliphatic heterocycles. The first kappa shape index (κ1) is 11.4. The number of anilines is 1. The van der Waals surface area contributed by atoms with Crippen LogP contribution in [0, 0.1) is 11.7 Å². The van der Waals surface area contributed by atoms with Crippen molar-refractivity contribution in [3.63, 3.8) is 0 Å². The Morgan fingerprint density at radius 2 is 2.19 bits per heavy atom. The third kappa shape index (κ3) is 2.73. The number of hydrogen-bond donors (Lipinski definition) is 1. The number of benzene rings is 1. The van der Waals surface area contributed by atoms with Gasteiger partial charge in [-0.1, -0.05) is 6.42 Å². The summed E-state index contributed by atoms with van der Waals surface area (Å²) in [6, 6.07) is 4.58. The van der Waals surface area contributed by atoms with Crippen molar-refractivity contribution in [3.05, 3.63) is 29.6 Å². The molecule has 1 aromatic rings. The minimum absolute atomic E-state index is 0.207. The number of hydrogen-bond acceptors (Lipinski definition) is 2. The average molecular weight is 222 g/mol. The summed E-state index contributed by atoms with van der Waals surface area (Å²) >= 11 is 0. The van der Waals surface area contributed by atoms with Crippen LogP contribution < -0.4 is 5.73 Å². The minimum Gasteiger partial charge on any atom is -0.398 e. The Labute approximate surface area is 96.2 Å². The molecule has 1 saturated carbocycles. The summed E-state index contributed by atoms with van der Waals surface area (Å²) in [6.45, 7) is 1.83. The first-order valence-electron chi connectivity index (χ1n) is 5.87. The maximum absolute atomic E-state index is 13.1. The van der Waals surface area contributed by atoms with Gasteiger partial charge < -0.3 is 10.6 Å². The molecule has 1 fully saturated rings. The zero-order valence-electron chi connectivity index (χ0n) is 9.75. The van der Waals surface area contributed by atoms with E-state index in [1.807, 2.05) is 0 Å². The van der Waals surface area contributed by atoms with Crippen molar-refractivity contribution in [1.82, 2.24) is 4.90 Å². The number of rotatable bonds is 4. The van der Waals surface area contributed by atoms with Crippen LogP contribution in [0.3, 0.4) is 0 Å². The van der Waals surface area contributed by atoms with Gasteiger partial charge in [0.15, 0.2) is 0 Å². The molecule has 0 heterocycles. The molecule has 0 aromatic heterocycles. The van der Waals surface area contributed by atoms with Gasteiger partial charge in [0.1, 0.15) is 5.82 Å². The van der Waals surface area contributed by atoms with E-state index in [2.05, 4.69) is 11.9 Å². The molecule has 0 amide bonds. The molecule has 88 valence electrons. The molecule has 0 bridgehead atoms. The molecule has 1 aliphatic carbocycles. The molecule has 0 spiro atoms. The van der Waals surface area contributed by atoms with E-state index in [0.29, 0.717) is 5.69 Å². The van der Waals surface area contributed by atoms with Crippen LogP contribution in [-0.4, -0.2) is 18.5 Å². The Hall–Kier alpha value is -1.09. The normalized spacial score (nSPS) is 16.4. The van der Waals surface area contributed by atoms with Gasteiger partial charge in [0.2, 0.25) is 0 Å². The van der Waals surface area contributed by atoms with Crippen molar-refractivity contribution < 1.29 is 4.39 Å². The van der Waals surface area contributed by atoms with Crippen molar-refractivity contribution in [2.75, 3.05) is 19.3 Å². The fourth-order valence-electron chi connectivity index (χ4n) is 2.18. The van der Waals surface area contributed by atoms with E-state index in [1.54, 1.807) is 6.07 Å². The lowest BCUT2D eigenvalue weighted by Crippen LogP contribution is -2.29. The van der Waals surface area contributed by atoms with Gasteiger partial charge in [0.25, 0.3) is 0 Å². The smallest absolute Gasteiger partial charge is 0.123 e. The van der Waals surface area contributed by atoms with E-state index in [-0.39, 0.29) is 5.82 Å². The number of nitrogen functional groups attached to an aromatic ring is 1. The summed E-state index contributed by atoms with van der Waals surface area (Å²) in [5.41, 5.74) is 7.39. The predicted octanol–water partition coefficient (Wildman–Crippen LogP) is 2.64. The Morgan fingerprint density at radius 1 is 1.44 bits per heavy atom. The van der Waals surface area contributed by atoms with Crippen molar-refractivity contribution in [2.24, 2.45) is 5.92 Å². The molecule has 2 N–H and O–H groups in total. The Kier molecular flexibility index (Phi) is 3.44. The highest BCUT2D eigenvalue weighted by molar-refractivity contribution is 5.46. The van der Waals surface area contributed by atoms with Crippen molar-refractivity contribution in [1.29, 1.82) is 0 Å². The maximum Gasteiger partial charge on any atom is 0.123 e. The summed E-state index contributed by atoms with van der Waals surface area (Å²) in [7, 11) is 2.07. The van der Waals surface area contributed by atoms with E-state index in [1.165, 1.54) is 31.4 Å². The van der Waals surface area contributed by atoms with Crippen LogP contribution >= 0.6 is 0 Å². The van der Waals surface area contributed by atoms with E-state index in [9.17, 15) is 4.39 Å². The SMILES string of the molecule is CN(Cc1cc(F)ccc1N)CC1CCC1.